The quantitative estimate of drug-likeness (QED) is 0.869. The Morgan fingerprint density at radius 1 is 1.19 bits per heavy atom. The van der Waals surface area contributed by atoms with Crippen molar-refractivity contribution < 1.29 is 19.4 Å². The van der Waals surface area contributed by atoms with Crippen molar-refractivity contribution in [3.05, 3.63) is 29.5 Å². The van der Waals surface area contributed by atoms with E-state index in [1.807, 2.05) is 24.6 Å². The minimum absolute atomic E-state index is 0.0624. The van der Waals surface area contributed by atoms with Gasteiger partial charge in [0, 0.05) is 55.4 Å². The van der Waals surface area contributed by atoms with Crippen LogP contribution in [0.5, 0.6) is 5.75 Å². The number of aryl methyl sites for hydroxylation is 1. The number of ether oxygens (including phenoxy) is 2. The molecule has 6 heteroatoms. The average Bonchev–Trinajstić information content (AvgIpc) is 2.93. The van der Waals surface area contributed by atoms with Crippen molar-refractivity contribution in [3.63, 3.8) is 0 Å². The van der Waals surface area contributed by atoms with Crippen LogP contribution in [-0.4, -0.2) is 48.1 Å². The van der Waals surface area contributed by atoms with Gasteiger partial charge in [0.1, 0.15) is 5.75 Å². The summed E-state index contributed by atoms with van der Waals surface area (Å²) in [5.74, 6) is 0.971. The summed E-state index contributed by atoms with van der Waals surface area (Å²) < 4.78 is 13.2. The standard InChI is InChI=1S/C21H28N2O4/c1-13-20(16-11-15(24)3-4-19(16)23(13)2)21(25)22-18-7-10-27-12-17(18)14-5-8-26-9-6-14/h3-4,11,14,17-18,24H,5-10,12H2,1-2H3,(H,22,25)/t17-,18-/m0/s1. The van der Waals surface area contributed by atoms with Gasteiger partial charge in [-0.2, -0.15) is 0 Å². The molecule has 1 amide bonds. The molecule has 3 heterocycles. The zero-order valence-corrected chi connectivity index (χ0v) is 16.0. The van der Waals surface area contributed by atoms with E-state index in [1.54, 1.807) is 12.1 Å². The Balaban J connectivity index is 1.60. The van der Waals surface area contributed by atoms with Gasteiger partial charge >= 0.3 is 0 Å². The van der Waals surface area contributed by atoms with Crippen LogP contribution >= 0.6 is 0 Å². The van der Waals surface area contributed by atoms with Crippen LogP contribution in [0.2, 0.25) is 0 Å². The Labute approximate surface area is 159 Å². The fourth-order valence-electron chi connectivity index (χ4n) is 4.63. The Bertz CT molecular complexity index is 838. The first-order valence-electron chi connectivity index (χ1n) is 9.80. The van der Waals surface area contributed by atoms with Crippen molar-refractivity contribution in [2.45, 2.75) is 32.2 Å². The van der Waals surface area contributed by atoms with Gasteiger partial charge in [0.05, 0.1) is 12.2 Å². The second-order valence-corrected chi connectivity index (χ2v) is 7.78. The minimum Gasteiger partial charge on any atom is -0.508 e. The lowest BCUT2D eigenvalue weighted by molar-refractivity contribution is -0.0259. The SMILES string of the molecule is Cc1c(C(=O)N[C@H]2CCOC[C@H]2C2CCOCC2)c2cc(O)ccc2n1C. The number of phenols is 1. The van der Waals surface area contributed by atoms with E-state index < -0.39 is 0 Å². The van der Waals surface area contributed by atoms with E-state index in [4.69, 9.17) is 9.47 Å². The molecule has 0 aliphatic carbocycles. The van der Waals surface area contributed by atoms with E-state index in [0.717, 1.165) is 49.1 Å². The largest absolute Gasteiger partial charge is 0.508 e. The van der Waals surface area contributed by atoms with Gasteiger partial charge in [-0.25, -0.2) is 0 Å². The van der Waals surface area contributed by atoms with Gasteiger partial charge in [0.2, 0.25) is 0 Å². The van der Waals surface area contributed by atoms with Crippen LogP contribution in [0.25, 0.3) is 10.9 Å². The molecule has 146 valence electrons. The predicted octanol–water partition coefficient (Wildman–Crippen LogP) is 2.75. The van der Waals surface area contributed by atoms with Crippen molar-refractivity contribution >= 4 is 16.8 Å². The van der Waals surface area contributed by atoms with Crippen molar-refractivity contribution in [2.75, 3.05) is 26.4 Å². The number of fused-ring (bicyclic) bond motifs is 1. The van der Waals surface area contributed by atoms with E-state index in [-0.39, 0.29) is 17.7 Å². The molecule has 0 unspecified atom stereocenters. The van der Waals surface area contributed by atoms with Gasteiger partial charge in [0.25, 0.3) is 5.91 Å². The Hall–Kier alpha value is -2.05. The summed E-state index contributed by atoms with van der Waals surface area (Å²) in [4.78, 5) is 13.2. The van der Waals surface area contributed by atoms with Crippen molar-refractivity contribution in [2.24, 2.45) is 18.9 Å². The first kappa shape index (κ1) is 18.3. The van der Waals surface area contributed by atoms with Crippen LogP contribution in [0, 0.1) is 18.8 Å². The molecular formula is C21H28N2O4. The summed E-state index contributed by atoms with van der Waals surface area (Å²) >= 11 is 0. The van der Waals surface area contributed by atoms with Crippen molar-refractivity contribution in [1.82, 2.24) is 9.88 Å². The van der Waals surface area contributed by atoms with Crippen LogP contribution in [0.15, 0.2) is 18.2 Å². The third kappa shape index (κ3) is 3.44. The van der Waals surface area contributed by atoms with Gasteiger partial charge in [-0.15, -0.1) is 0 Å². The number of nitrogens with zero attached hydrogens (tertiary/aromatic N) is 1. The van der Waals surface area contributed by atoms with Gasteiger partial charge in [-0.1, -0.05) is 0 Å². The lowest BCUT2D eigenvalue weighted by atomic mass is 9.79. The monoisotopic (exact) mass is 372 g/mol. The third-order valence-electron chi connectivity index (χ3n) is 6.29. The van der Waals surface area contributed by atoms with Gasteiger partial charge in [-0.3, -0.25) is 4.79 Å². The number of hydrogen-bond donors (Lipinski definition) is 2. The summed E-state index contributed by atoms with van der Waals surface area (Å²) in [6.07, 6.45) is 2.89. The molecule has 27 heavy (non-hydrogen) atoms. The summed E-state index contributed by atoms with van der Waals surface area (Å²) in [5, 5.41) is 14.0. The first-order valence-corrected chi connectivity index (χ1v) is 9.80. The Morgan fingerprint density at radius 2 is 1.93 bits per heavy atom. The van der Waals surface area contributed by atoms with E-state index in [9.17, 15) is 9.90 Å². The molecule has 1 aromatic heterocycles. The maximum Gasteiger partial charge on any atom is 0.253 e. The molecule has 2 aromatic rings. The molecule has 2 fully saturated rings. The molecule has 0 bridgehead atoms. The average molecular weight is 372 g/mol. The summed E-state index contributed by atoms with van der Waals surface area (Å²) in [7, 11) is 1.95. The van der Waals surface area contributed by atoms with E-state index >= 15 is 0 Å². The number of nitrogens with one attached hydrogen (secondary N) is 1. The minimum atomic E-state index is -0.0624. The molecule has 4 rings (SSSR count). The Morgan fingerprint density at radius 3 is 2.70 bits per heavy atom. The topological polar surface area (TPSA) is 72.7 Å². The van der Waals surface area contributed by atoms with E-state index in [2.05, 4.69) is 5.32 Å². The van der Waals surface area contributed by atoms with Crippen LogP contribution < -0.4 is 5.32 Å². The van der Waals surface area contributed by atoms with Crippen molar-refractivity contribution in [3.8, 4) is 5.75 Å². The lowest BCUT2D eigenvalue weighted by Gasteiger charge is -2.39. The fraction of sp³-hybridized carbons (Fsp3) is 0.571. The number of aromatic nitrogens is 1. The highest BCUT2D eigenvalue weighted by Crippen LogP contribution is 2.32. The van der Waals surface area contributed by atoms with Crippen molar-refractivity contribution in [1.29, 1.82) is 0 Å². The molecule has 0 radical (unpaired) electrons. The highest BCUT2D eigenvalue weighted by atomic mass is 16.5. The maximum atomic E-state index is 13.2. The van der Waals surface area contributed by atoms with Crippen LogP contribution in [-0.2, 0) is 16.5 Å². The number of hydrogen-bond acceptors (Lipinski definition) is 4. The zero-order chi connectivity index (χ0) is 19.0. The molecule has 6 nitrogen and oxygen atoms in total. The maximum absolute atomic E-state index is 13.2. The van der Waals surface area contributed by atoms with Gasteiger partial charge in [-0.05, 0) is 50.3 Å². The third-order valence-corrected chi connectivity index (χ3v) is 6.29. The Kier molecular flexibility index (Phi) is 5.10. The molecule has 2 N–H and O–H groups in total. The molecule has 2 aliphatic heterocycles. The number of aromatic hydroxyl groups is 1. The number of phenolic OH excluding ortho intramolecular Hbond substituents is 1. The summed E-state index contributed by atoms with van der Waals surface area (Å²) in [6, 6.07) is 5.30. The normalized spacial score (nSPS) is 24.2. The second-order valence-electron chi connectivity index (χ2n) is 7.78. The zero-order valence-electron chi connectivity index (χ0n) is 16.0. The van der Waals surface area contributed by atoms with Crippen LogP contribution in [0.4, 0.5) is 0 Å². The second kappa shape index (κ2) is 7.52. The lowest BCUT2D eigenvalue weighted by Crippen LogP contribution is -2.49. The molecule has 2 atom stereocenters. The molecular weight excluding hydrogens is 344 g/mol. The first-order chi connectivity index (χ1) is 13.1. The van der Waals surface area contributed by atoms with E-state index in [0.29, 0.717) is 30.6 Å². The molecule has 2 aliphatic rings. The predicted molar refractivity (Wildman–Crippen MR) is 103 cm³/mol. The highest BCUT2D eigenvalue weighted by Gasteiger charge is 2.35. The number of benzene rings is 1. The molecule has 1 aromatic carbocycles. The number of rotatable bonds is 3. The van der Waals surface area contributed by atoms with Gasteiger partial charge in [0.15, 0.2) is 0 Å². The summed E-state index contributed by atoms with van der Waals surface area (Å²) in [5.41, 5.74) is 2.51. The molecule has 0 spiro atoms. The number of carbonyl (C=O) groups is 1. The van der Waals surface area contributed by atoms with Crippen LogP contribution in [0.1, 0.15) is 35.3 Å². The number of amides is 1. The fourth-order valence-corrected chi connectivity index (χ4v) is 4.63. The van der Waals surface area contributed by atoms with Crippen LogP contribution in [0.3, 0.4) is 0 Å². The summed E-state index contributed by atoms with van der Waals surface area (Å²) in [6.45, 7) is 4.92. The number of carbonyl (C=O) groups excluding carboxylic acids is 1. The molecule has 2 saturated heterocycles. The highest BCUT2D eigenvalue weighted by molar-refractivity contribution is 6.08. The molecule has 0 saturated carbocycles. The smallest absolute Gasteiger partial charge is 0.253 e. The van der Waals surface area contributed by atoms with Gasteiger partial charge < -0.3 is 24.5 Å². The van der Waals surface area contributed by atoms with E-state index in [1.165, 1.54) is 0 Å².